The van der Waals surface area contributed by atoms with Crippen molar-refractivity contribution in [2.75, 3.05) is 0 Å². The van der Waals surface area contributed by atoms with Gasteiger partial charge in [-0.15, -0.1) is 12.3 Å². The Hall–Kier alpha value is -1.86. The predicted octanol–water partition coefficient (Wildman–Crippen LogP) is 2.66. The Labute approximate surface area is 101 Å². The molecule has 0 fully saturated rings. The maximum absolute atomic E-state index is 10.9. The first-order chi connectivity index (χ1) is 8.06. The summed E-state index contributed by atoms with van der Waals surface area (Å²) in [4.78, 5) is 10.5. The van der Waals surface area contributed by atoms with Gasteiger partial charge in [0.25, 0.3) is 5.69 Å². The molecule has 2 unspecified atom stereocenters. The highest BCUT2D eigenvalue weighted by atomic mass is 16.6. The van der Waals surface area contributed by atoms with Crippen molar-refractivity contribution in [3.63, 3.8) is 0 Å². The topological polar surface area (TPSA) is 55.2 Å². The zero-order valence-electron chi connectivity index (χ0n) is 10.0. The highest BCUT2D eigenvalue weighted by Crippen LogP contribution is 2.24. The Morgan fingerprint density at radius 1 is 1.47 bits per heavy atom. The first kappa shape index (κ1) is 13.2. The van der Waals surface area contributed by atoms with Crippen LogP contribution in [0.15, 0.2) is 24.3 Å². The molecule has 0 heterocycles. The van der Waals surface area contributed by atoms with E-state index >= 15 is 0 Å². The lowest BCUT2D eigenvalue weighted by Crippen LogP contribution is -2.28. The van der Waals surface area contributed by atoms with Gasteiger partial charge in [0.05, 0.1) is 4.92 Å². The van der Waals surface area contributed by atoms with Crippen LogP contribution in [0.2, 0.25) is 0 Å². The van der Waals surface area contributed by atoms with Gasteiger partial charge in [-0.1, -0.05) is 18.2 Å². The number of nitrogens with zero attached hydrogens (tertiary/aromatic N) is 1. The van der Waals surface area contributed by atoms with Crippen molar-refractivity contribution in [1.29, 1.82) is 0 Å². The fraction of sp³-hybridized carbons (Fsp3) is 0.385. The van der Waals surface area contributed by atoms with Gasteiger partial charge in [-0.3, -0.25) is 10.1 Å². The van der Waals surface area contributed by atoms with Crippen molar-refractivity contribution in [3.05, 3.63) is 39.9 Å². The molecule has 4 heteroatoms. The molecule has 0 aromatic heterocycles. The van der Waals surface area contributed by atoms with E-state index < -0.39 is 0 Å². The van der Waals surface area contributed by atoms with E-state index in [1.165, 1.54) is 6.07 Å². The standard InChI is InChI=1S/C13H16N2O2/c1-4-7-10(2)14-11(3)12-8-5-6-9-13(12)15(16)17/h1,5-6,8-11,14H,7H2,2-3H3. The average molecular weight is 232 g/mol. The van der Waals surface area contributed by atoms with E-state index in [1.807, 2.05) is 13.8 Å². The summed E-state index contributed by atoms with van der Waals surface area (Å²) in [6.07, 6.45) is 5.83. The lowest BCUT2D eigenvalue weighted by atomic mass is 10.0. The van der Waals surface area contributed by atoms with Crippen LogP contribution in [0.1, 0.15) is 31.9 Å². The summed E-state index contributed by atoms with van der Waals surface area (Å²) in [5.74, 6) is 2.57. The number of rotatable bonds is 5. The van der Waals surface area contributed by atoms with E-state index in [0.717, 1.165) is 0 Å². The van der Waals surface area contributed by atoms with Crippen molar-refractivity contribution in [2.24, 2.45) is 0 Å². The third kappa shape index (κ3) is 3.58. The molecule has 0 aliphatic heterocycles. The minimum atomic E-state index is -0.362. The molecule has 0 saturated carbocycles. The molecule has 17 heavy (non-hydrogen) atoms. The highest BCUT2D eigenvalue weighted by Gasteiger charge is 2.18. The molecule has 1 rings (SSSR count). The van der Waals surface area contributed by atoms with Crippen molar-refractivity contribution >= 4 is 5.69 Å². The van der Waals surface area contributed by atoms with Crippen LogP contribution in [0.4, 0.5) is 5.69 Å². The molecule has 1 aromatic rings. The predicted molar refractivity (Wildman–Crippen MR) is 67.6 cm³/mol. The molecule has 0 bridgehead atoms. The maximum atomic E-state index is 10.9. The van der Waals surface area contributed by atoms with Crippen molar-refractivity contribution in [1.82, 2.24) is 5.32 Å². The monoisotopic (exact) mass is 232 g/mol. The molecule has 1 aromatic carbocycles. The number of para-hydroxylation sites is 1. The number of hydrogen-bond acceptors (Lipinski definition) is 3. The third-order valence-corrected chi connectivity index (χ3v) is 2.56. The fourth-order valence-electron chi connectivity index (χ4n) is 1.77. The second kappa shape index (κ2) is 6.02. The van der Waals surface area contributed by atoms with Gasteiger partial charge in [0, 0.05) is 30.1 Å². The number of hydrogen-bond donors (Lipinski definition) is 1. The molecule has 0 radical (unpaired) electrons. The molecule has 2 atom stereocenters. The smallest absolute Gasteiger partial charge is 0.274 e. The maximum Gasteiger partial charge on any atom is 0.274 e. The summed E-state index contributed by atoms with van der Waals surface area (Å²) >= 11 is 0. The molecule has 0 aliphatic rings. The van der Waals surface area contributed by atoms with Gasteiger partial charge in [-0.25, -0.2) is 0 Å². The minimum Gasteiger partial charge on any atom is -0.307 e. The minimum absolute atomic E-state index is 0.0973. The lowest BCUT2D eigenvalue weighted by molar-refractivity contribution is -0.385. The van der Waals surface area contributed by atoms with Crippen LogP contribution in [0, 0.1) is 22.5 Å². The largest absolute Gasteiger partial charge is 0.307 e. The van der Waals surface area contributed by atoms with Gasteiger partial charge in [-0.05, 0) is 13.8 Å². The van der Waals surface area contributed by atoms with E-state index in [-0.39, 0.29) is 22.7 Å². The Balaban J connectivity index is 2.85. The van der Waals surface area contributed by atoms with E-state index in [0.29, 0.717) is 12.0 Å². The van der Waals surface area contributed by atoms with E-state index in [9.17, 15) is 10.1 Å². The molecular formula is C13H16N2O2. The van der Waals surface area contributed by atoms with Crippen LogP contribution >= 0.6 is 0 Å². The third-order valence-electron chi connectivity index (χ3n) is 2.56. The second-order valence-electron chi connectivity index (χ2n) is 4.01. The summed E-state index contributed by atoms with van der Waals surface area (Å²) in [6, 6.07) is 6.78. The molecule has 1 N–H and O–H groups in total. The van der Waals surface area contributed by atoms with Gasteiger partial charge in [-0.2, -0.15) is 0 Å². The van der Waals surface area contributed by atoms with Gasteiger partial charge in [0.15, 0.2) is 0 Å². The van der Waals surface area contributed by atoms with Crippen LogP contribution in [0.5, 0.6) is 0 Å². The second-order valence-corrected chi connectivity index (χ2v) is 4.01. The first-order valence-corrected chi connectivity index (χ1v) is 5.49. The number of nitro groups is 1. The SMILES string of the molecule is C#CCC(C)NC(C)c1ccccc1[N+](=O)[O-]. The zero-order chi connectivity index (χ0) is 12.8. The fourth-order valence-corrected chi connectivity index (χ4v) is 1.77. The first-order valence-electron chi connectivity index (χ1n) is 5.49. The van der Waals surface area contributed by atoms with Gasteiger partial charge >= 0.3 is 0 Å². The molecule has 0 saturated heterocycles. The summed E-state index contributed by atoms with van der Waals surface area (Å²) in [5, 5.41) is 14.1. The Bertz CT molecular complexity index is 437. The molecule has 4 nitrogen and oxygen atoms in total. The van der Waals surface area contributed by atoms with Crippen LogP contribution in [0.3, 0.4) is 0 Å². The number of nitro benzene ring substituents is 1. The van der Waals surface area contributed by atoms with Crippen molar-refractivity contribution < 1.29 is 4.92 Å². The van der Waals surface area contributed by atoms with Crippen molar-refractivity contribution in [3.8, 4) is 12.3 Å². The van der Waals surface area contributed by atoms with E-state index in [1.54, 1.807) is 18.2 Å². The van der Waals surface area contributed by atoms with E-state index in [4.69, 9.17) is 6.42 Å². The lowest BCUT2D eigenvalue weighted by Gasteiger charge is -2.18. The molecular weight excluding hydrogens is 216 g/mol. The van der Waals surface area contributed by atoms with Crippen LogP contribution < -0.4 is 5.32 Å². The number of nitrogens with one attached hydrogen (secondary N) is 1. The number of benzene rings is 1. The van der Waals surface area contributed by atoms with Crippen LogP contribution in [0.25, 0.3) is 0 Å². The quantitative estimate of drug-likeness (QED) is 0.482. The van der Waals surface area contributed by atoms with Gasteiger partial charge in [0.2, 0.25) is 0 Å². The molecule has 90 valence electrons. The van der Waals surface area contributed by atoms with Gasteiger partial charge < -0.3 is 5.32 Å². The molecule has 0 amide bonds. The van der Waals surface area contributed by atoms with E-state index in [2.05, 4.69) is 11.2 Å². The molecule has 0 spiro atoms. The van der Waals surface area contributed by atoms with Gasteiger partial charge in [0.1, 0.15) is 0 Å². The average Bonchev–Trinajstić information content (AvgIpc) is 2.29. The Morgan fingerprint density at radius 2 is 2.12 bits per heavy atom. The van der Waals surface area contributed by atoms with Crippen LogP contribution in [-0.2, 0) is 0 Å². The highest BCUT2D eigenvalue weighted by molar-refractivity contribution is 5.41. The van der Waals surface area contributed by atoms with Crippen molar-refractivity contribution in [2.45, 2.75) is 32.4 Å². The summed E-state index contributed by atoms with van der Waals surface area (Å²) in [7, 11) is 0. The molecule has 0 aliphatic carbocycles. The Morgan fingerprint density at radius 3 is 2.71 bits per heavy atom. The normalized spacial score (nSPS) is 13.7. The summed E-state index contributed by atoms with van der Waals surface area (Å²) in [6.45, 7) is 3.86. The zero-order valence-corrected chi connectivity index (χ0v) is 10.0. The van der Waals surface area contributed by atoms with Crippen LogP contribution in [-0.4, -0.2) is 11.0 Å². The Kier molecular flexibility index (Phi) is 4.68. The summed E-state index contributed by atoms with van der Waals surface area (Å²) < 4.78 is 0. The summed E-state index contributed by atoms with van der Waals surface area (Å²) in [5.41, 5.74) is 0.821. The number of terminal acetylenes is 1.